The van der Waals surface area contributed by atoms with E-state index in [1.807, 2.05) is 17.8 Å². The summed E-state index contributed by atoms with van der Waals surface area (Å²) in [5.74, 6) is 5.81. The van der Waals surface area contributed by atoms with Crippen LogP contribution >= 0.6 is 0 Å². The van der Waals surface area contributed by atoms with Gasteiger partial charge < -0.3 is 10.1 Å². The number of nitrogens with one attached hydrogen (secondary N) is 1. The minimum Gasteiger partial charge on any atom is -0.380 e. The maximum Gasteiger partial charge on any atom is 0.0692 e. The van der Waals surface area contributed by atoms with Crippen molar-refractivity contribution >= 4 is 0 Å². The molecule has 94 valence electrons. The topological polar surface area (TPSA) is 52.0 Å². The molecule has 0 atom stereocenters. The third kappa shape index (κ3) is 7.50. The van der Waals surface area contributed by atoms with Gasteiger partial charge in [-0.1, -0.05) is 5.21 Å². The van der Waals surface area contributed by atoms with Crippen molar-refractivity contribution in [3.8, 4) is 11.8 Å². The molecule has 1 aromatic rings. The van der Waals surface area contributed by atoms with E-state index in [1.165, 1.54) is 0 Å². The van der Waals surface area contributed by atoms with Gasteiger partial charge in [-0.15, -0.1) is 16.9 Å². The zero-order chi connectivity index (χ0) is 12.2. The van der Waals surface area contributed by atoms with Crippen LogP contribution in [-0.4, -0.2) is 41.3 Å². The number of nitrogens with zero attached hydrogens (tertiary/aromatic N) is 3. The second-order valence-corrected chi connectivity index (χ2v) is 3.56. The Hall–Kier alpha value is -1.38. The van der Waals surface area contributed by atoms with Gasteiger partial charge in [0.25, 0.3) is 0 Å². The molecule has 0 amide bonds. The monoisotopic (exact) mass is 236 g/mol. The molecule has 0 unspecified atom stereocenters. The maximum absolute atomic E-state index is 5.42. The molecule has 0 saturated heterocycles. The first-order valence-electron chi connectivity index (χ1n) is 5.95. The Morgan fingerprint density at radius 1 is 1.35 bits per heavy atom. The molecule has 0 aliphatic rings. The summed E-state index contributed by atoms with van der Waals surface area (Å²) in [6.07, 6.45) is 5.40. The van der Waals surface area contributed by atoms with Gasteiger partial charge in [-0.25, -0.2) is 0 Å². The first kappa shape index (κ1) is 13.7. The zero-order valence-electron chi connectivity index (χ0n) is 10.4. The van der Waals surface area contributed by atoms with Crippen LogP contribution in [0.5, 0.6) is 0 Å². The predicted molar refractivity (Wildman–Crippen MR) is 66.4 cm³/mol. The molecule has 0 aliphatic heterocycles. The number of rotatable bonds is 9. The molecule has 0 bridgehead atoms. The van der Waals surface area contributed by atoms with Crippen LogP contribution in [0.25, 0.3) is 0 Å². The van der Waals surface area contributed by atoms with Gasteiger partial charge in [0.15, 0.2) is 0 Å². The first-order valence-corrected chi connectivity index (χ1v) is 5.95. The minimum absolute atomic E-state index is 0.736. The molecule has 1 rings (SSSR count). The van der Waals surface area contributed by atoms with Gasteiger partial charge in [0, 0.05) is 25.8 Å². The molecule has 0 spiro atoms. The second-order valence-electron chi connectivity index (χ2n) is 3.56. The quantitative estimate of drug-likeness (QED) is 0.506. The summed E-state index contributed by atoms with van der Waals surface area (Å²) in [5, 5.41) is 11.0. The smallest absolute Gasteiger partial charge is 0.0692 e. The van der Waals surface area contributed by atoms with Gasteiger partial charge in [-0.05, 0) is 19.9 Å². The summed E-state index contributed by atoms with van der Waals surface area (Å²) in [5.41, 5.74) is 0. The fourth-order valence-corrected chi connectivity index (χ4v) is 1.32. The summed E-state index contributed by atoms with van der Waals surface area (Å²) in [6, 6.07) is 0. The number of hydrogen-bond donors (Lipinski definition) is 1. The molecular weight excluding hydrogens is 216 g/mol. The van der Waals surface area contributed by atoms with Gasteiger partial charge in [-0.2, -0.15) is 0 Å². The number of ether oxygens (including phenoxy) is 1. The summed E-state index contributed by atoms with van der Waals surface area (Å²) in [6.45, 7) is 6.10. The summed E-state index contributed by atoms with van der Waals surface area (Å²) in [4.78, 5) is 0. The van der Waals surface area contributed by atoms with Crippen LogP contribution in [-0.2, 0) is 11.3 Å². The highest BCUT2D eigenvalue weighted by molar-refractivity contribution is 4.94. The lowest BCUT2D eigenvalue weighted by atomic mass is 10.4. The third-order valence-corrected chi connectivity index (χ3v) is 2.18. The minimum atomic E-state index is 0.736. The Kier molecular flexibility index (Phi) is 7.90. The molecule has 0 aromatic carbocycles. The molecular formula is C12H20N4O. The Balaban J connectivity index is 1.79. The van der Waals surface area contributed by atoms with E-state index in [0.717, 1.165) is 45.7 Å². The van der Waals surface area contributed by atoms with E-state index in [4.69, 9.17) is 4.74 Å². The van der Waals surface area contributed by atoms with Crippen molar-refractivity contribution in [2.75, 3.05) is 26.3 Å². The van der Waals surface area contributed by atoms with Crippen molar-refractivity contribution < 1.29 is 4.74 Å². The summed E-state index contributed by atoms with van der Waals surface area (Å²) in [7, 11) is 0. The van der Waals surface area contributed by atoms with E-state index in [0.29, 0.717) is 0 Å². The fraction of sp³-hybridized carbons (Fsp3) is 0.667. The highest BCUT2D eigenvalue weighted by Gasteiger charge is 1.92. The molecule has 1 heterocycles. The molecule has 5 heteroatoms. The van der Waals surface area contributed by atoms with Crippen LogP contribution in [0.3, 0.4) is 0 Å². The fourth-order valence-electron chi connectivity index (χ4n) is 1.32. The predicted octanol–water partition coefficient (Wildman–Crippen LogP) is 0.688. The average molecular weight is 236 g/mol. The van der Waals surface area contributed by atoms with Crippen LogP contribution in [0, 0.1) is 11.8 Å². The maximum atomic E-state index is 5.42. The van der Waals surface area contributed by atoms with Crippen molar-refractivity contribution in [3.63, 3.8) is 0 Å². The number of aromatic nitrogens is 3. The second kappa shape index (κ2) is 9.82. The standard InChI is InChI=1S/C12H20N4O/c1-2-3-4-11-17-12-5-6-13-7-9-16-10-8-14-15-16/h8,10,13H,4-7,9,11-12H2,1H3. The normalized spacial score (nSPS) is 9.94. The SMILES string of the molecule is CC#CCCOCCCNCCn1ccnn1. The molecule has 0 radical (unpaired) electrons. The lowest BCUT2D eigenvalue weighted by molar-refractivity contribution is 0.137. The summed E-state index contributed by atoms with van der Waals surface area (Å²) >= 11 is 0. The van der Waals surface area contributed by atoms with Crippen LogP contribution in [0.4, 0.5) is 0 Å². The third-order valence-electron chi connectivity index (χ3n) is 2.18. The van der Waals surface area contributed by atoms with E-state index < -0.39 is 0 Å². The van der Waals surface area contributed by atoms with E-state index in [9.17, 15) is 0 Å². The molecule has 5 nitrogen and oxygen atoms in total. The van der Waals surface area contributed by atoms with Crippen LogP contribution < -0.4 is 5.32 Å². The Morgan fingerprint density at radius 2 is 2.29 bits per heavy atom. The molecule has 1 aromatic heterocycles. The highest BCUT2D eigenvalue weighted by Crippen LogP contribution is 1.85. The first-order chi connectivity index (χ1) is 8.43. The molecule has 0 aliphatic carbocycles. The zero-order valence-corrected chi connectivity index (χ0v) is 10.4. The highest BCUT2D eigenvalue weighted by atomic mass is 16.5. The van der Waals surface area contributed by atoms with Gasteiger partial charge >= 0.3 is 0 Å². The van der Waals surface area contributed by atoms with Gasteiger partial charge in [0.05, 0.1) is 19.3 Å². The van der Waals surface area contributed by atoms with E-state index >= 15 is 0 Å². The van der Waals surface area contributed by atoms with Crippen LogP contribution in [0.2, 0.25) is 0 Å². The van der Waals surface area contributed by atoms with Gasteiger partial charge in [-0.3, -0.25) is 4.68 Å². The van der Waals surface area contributed by atoms with Crippen molar-refractivity contribution in [1.29, 1.82) is 0 Å². The lowest BCUT2D eigenvalue weighted by Gasteiger charge is -2.04. The van der Waals surface area contributed by atoms with Crippen LogP contribution in [0.15, 0.2) is 12.4 Å². The van der Waals surface area contributed by atoms with Crippen molar-refractivity contribution in [3.05, 3.63) is 12.4 Å². The van der Waals surface area contributed by atoms with Crippen LogP contribution in [0.1, 0.15) is 19.8 Å². The Morgan fingerprint density at radius 3 is 3.06 bits per heavy atom. The van der Waals surface area contributed by atoms with Crippen molar-refractivity contribution in [2.45, 2.75) is 26.3 Å². The molecule has 17 heavy (non-hydrogen) atoms. The molecule has 1 N–H and O–H groups in total. The van der Waals surface area contributed by atoms with E-state index in [2.05, 4.69) is 27.5 Å². The van der Waals surface area contributed by atoms with Crippen molar-refractivity contribution in [1.82, 2.24) is 20.3 Å². The summed E-state index contributed by atoms with van der Waals surface area (Å²) < 4.78 is 7.23. The van der Waals surface area contributed by atoms with Crippen molar-refractivity contribution in [2.24, 2.45) is 0 Å². The Labute approximate surface area is 103 Å². The number of hydrogen-bond acceptors (Lipinski definition) is 4. The van der Waals surface area contributed by atoms with Gasteiger partial charge in [0.2, 0.25) is 0 Å². The largest absolute Gasteiger partial charge is 0.380 e. The van der Waals surface area contributed by atoms with Gasteiger partial charge in [0.1, 0.15) is 0 Å². The lowest BCUT2D eigenvalue weighted by Crippen LogP contribution is -2.22. The molecule has 0 fully saturated rings. The van der Waals surface area contributed by atoms with E-state index in [1.54, 1.807) is 6.20 Å². The average Bonchev–Trinajstić information content (AvgIpc) is 2.85. The van der Waals surface area contributed by atoms with E-state index in [-0.39, 0.29) is 0 Å². The Bertz CT molecular complexity index is 326. The molecule has 0 saturated carbocycles.